The third-order valence-electron chi connectivity index (χ3n) is 3.10. The number of nitrogens with two attached hydrogens (primary N) is 1. The lowest BCUT2D eigenvalue weighted by Crippen LogP contribution is -2.08. The Balaban J connectivity index is 1.75. The second-order valence-corrected chi connectivity index (χ2v) is 4.66. The van der Waals surface area contributed by atoms with Gasteiger partial charge < -0.3 is 11.1 Å². The number of rotatable bonds is 4. The van der Waals surface area contributed by atoms with Crippen molar-refractivity contribution in [3.8, 4) is 0 Å². The Hall–Kier alpha value is -2.63. The molecule has 3 N–H and O–H groups in total. The van der Waals surface area contributed by atoms with Crippen LogP contribution in [0, 0.1) is 0 Å². The number of fused-ring (bicyclic) bond motifs is 1. The monoisotopic (exact) mass is 268 g/mol. The van der Waals surface area contributed by atoms with Gasteiger partial charge in [-0.2, -0.15) is 5.10 Å². The summed E-state index contributed by atoms with van der Waals surface area (Å²) in [4.78, 5) is 8.51. The van der Waals surface area contributed by atoms with Crippen LogP contribution < -0.4 is 11.1 Å². The molecule has 3 rings (SSSR count). The van der Waals surface area contributed by atoms with Crippen LogP contribution in [0.5, 0.6) is 0 Å². The number of aryl methyl sites for hydroxylation is 1. The smallest absolute Gasteiger partial charge is 0.137 e. The van der Waals surface area contributed by atoms with Gasteiger partial charge in [0.05, 0.1) is 11.2 Å². The number of benzene rings is 1. The number of aromatic nitrogens is 4. The molecule has 0 amide bonds. The number of nitrogens with one attached hydrogen (secondary N) is 1. The van der Waals surface area contributed by atoms with Crippen molar-refractivity contribution in [3.05, 3.63) is 42.5 Å². The van der Waals surface area contributed by atoms with Crippen molar-refractivity contribution in [2.24, 2.45) is 7.05 Å². The average molecular weight is 268 g/mol. The fraction of sp³-hybridized carbons (Fsp3) is 0.214. The van der Waals surface area contributed by atoms with Crippen LogP contribution in [0.25, 0.3) is 10.9 Å². The molecule has 0 aliphatic rings. The van der Waals surface area contributed by atoms with Gasteiger partial charge in [-0.05, 0) is 24.3 Å². The number of nitrogen functional groups attached to an aromatic ring is 1. The molecule has 0 spiro atoms. The predicted molar refractivity (Wildman–Crippen MR) is 79.4 cm³/mol. The summed E-state index contributed by atoms with van der Waals surface area (Å²) >= 11 is 0. The summed E-state index contributed by atoms with van der Waals surface area (Å²) < 4.78 is 1.80. The first-order valence-electron chi connectivity index (χ1n) is 6.45. The first kappa shape index (κ1) is 12.4. The van der Waals surface area contributed by atoms with E-state index in [9.17, 15) is 0 Å². The highest BCUT2D eigenvalue weighted by atomic mass is 15.2. The van der Waals surface area contributed by atoms with E-state index in [0.29, 0.717) is 5.69 Å². The largest absolute Gasteiger partial charge is 0.399 e. The fourth-order valence-corrected chi connectivity index (χ4v) is 2.12. The molecule has 0 bridgehead atoms. The lowest BCUT2D eigenvalue weighted by atomic mass is 10.2. The second-order valence-electron chi connectivity index (χ2n) is 4.66. The van der Waals surface area contributed by atoms with E-state index in [1.165, 1.54) is 0 Å². The highest BCUT2D eigenvalue weighted by molar-refractivity contribution is 5.91. The average Bonchev–Trinajstić information content (AvgIpc) is 2.85. The molecule has 0 saturated heterocycles. The standard InChI is InChI=1S/C14H16N6/c1-20-7-5-11(19-20)4-6-16-14-12-8-10(15)2-3-13(12)17-9-18-14/h2-3,5,7-9H,4,6,15H2,1H3,(H,16,17,18). The van der Waals surface area contributed by atoms with Gasteiger partial charge in [-0.15, -0.1) is 0 Å². The molecule has 0 saturated carbocycles. The minimum absolute atomic E-state index is 0.708. The molecule has 0 radical (unpaired) electrons. The van der Waals surface area contributed by atoms with Gasteiger partial charge in [0.2, 0.25) is 0 Å². The van der Waals surface area contributed by atoms with Gasteiger partial charge in [-0.1, -0.05) is 0 Å². The third kappa shape index (κ3) is 2.54. The Kier molecular flexibility index (Phi) is 3.20. The summed E-state index contributed by atoms with van der Waals surface area (Å²) in [5, 5.41) is 8.60. The van der Waals surface area contributed by atoms with Crippen LogP contribution in [0.2, 0.25) is 0 Å². The lowest BCUT2D eigenvalue weighted by molar-refractivity contribution is 0.742. The van der Waals surface area contributed by atoms with Crippen molar-refractivity contribution in [1.82, 2.24) is 19.7 Å². The van der Waals surface area contributed by atoms with Gasteiger partial charge in [-0.3, -0.25) is 4.68 Å². The van der Waals surface area contributed by atoms with Gasteiger partial charge >= 0.3 is 0 Å². The quantitative estimate of drug-likeness (QED) is 0.702. The van der Waals surface area contributed by atoms with Crippen molar-refractivity contribution in [1.29, 1.82) is 0 Å². The van der Waals surface area contributed by atoms with Crippen LogP contribution in [0.15, 0.2) is 36.8 Å². The van der Waals surface area contributed by atoms with E-state index in [-0.39, 0.29) is 0 Å². The summed E-state index contributed by atoms with van der Waals surface area (Å²) in [7, 11) is 1.91. The zero-order chi connectivity index (χ0) is 13.9. The molecule has 0 aliphatic heterocycles. The number of hydrogen-bond donors (Lipinski definition) is 2. The molecule has 0 fully saturated rings. The molecule has 20 heavy (non-hydrogen) atoms. The Morgan fingerprint density at radius 3 is 2.95 bits per heavy atom. The van der Waals surface area contributed by atoms with Gasteiger partial charge in [0.15, 0.2) is 0 Å². The Morgan fingerprint density at radius 1 is 1.25 bits per heavy atom. The van der Waals surface area contributed by atoms with Crippen LogP contribution >= 0.6 is 0 Å². The van der Waals surface area contributed by atoms with E-state index < -0.39 is 0 Å². The number of anilines is 2. The predicted octanol–water partition coefficient (Wildman–Crippen LogP) is 1.60. The summed E-state index contributed by atoms with van der Waals surface area (Å²) in [6.07, 6.45) is 4.34. The molecular weight excluding hydrogens is 252 g/mol. The number of hydrogen-bond acceptors (Lipinski definition) is 5. The zero-order valence-electron chi connectivity index (χ0n) is 11.2. The van der Waals surface area contributed by atoms with Gasteiger partial charge in [-0.25, -0.2) is 9.97 Å². The molecule has 6 heteroatoms. The maximum Gasteiger partial charge on any atom is 0.137 e. The Labute approximate surface area is 116 Å². The molecule has 2 heterocycles. The van der Waals surface area contributed by atoms with Gasteiger partial charge in [0, 0.05) is 37.3 Å². The highest BCUT2D eigenvalue weighted by Crippen LogP contribution is 2.21. The molecule has 0 unspecified atom stereocenters. The highest BCUT2D eigenvalue weighted by Gasteiger charge is 2.04. The molecule has 6 nitrogen and oxygen atoms in total. The second kappa shape index (κ2) is 5.16. The van der Waals surface area contributed by atoms with Crippen LogP contribution in [0.1, 0.15) is 5.69 Å². The molecule has 0 atom stereocenters. The SMILES string of the molecule is Cn1ccc(CCNc2ncnc3ccc(N)cc23)n1. The van der Waals surface area contributed by atoms with E-state index in [0.717, 1.165) is 35.4 Å². The summed E-state index contributed by atoms with van der Waals surface area (Å²) in [6.45, 7) is 0.762. The van der Waals surface area contributed by atoms with Crippen molar-refractivity contribution >= 4 is 22.4 Å². The van der Waals surface area contributed by atoms with Crippen molar-refractivity contribution in [2.75, 3.05) is 17.6 Å². The normalized spacial score (nSPS) is 10.8. The molecule has 2 aromatic heterocycles. The van der Waals surface area contributed by atoms with E-state index in [2.05, 4.69) is 20.4 Å². The third-order valence-corrected chi connectivity index (χ3v) is 3.10. The van der Waals surface area contributed by atoms with Gasteiger partial charge in [0.1, 0.15) is 12.1 Å². The van der Waals surface area contributed by atoms with Crippen molar-refractivity contribution in [3.63, 3.8) is 0 Å². The topological polar surface area (TPSA) is 81.7 Å². The van der Waals surface area contributed by atoms with Crippen LogP contribution in [-0.2, 0) is 13.5 Å². The van der Waals surface area contributed by atoms with Crippen molar-refractivity contribution < 1.29 is 0 Å². The molecule has 1 aromatic carbocycles. The molecule has 0 aliphatic carbocycles. The fourth-order valence-electron chi connectivity index (χ4n) is 2.12. The first-order chi connectivity index (χ1) is 9.72. The van der Waals surface area contributed by atoms with E-state index >= 15 is 0 Å². The Morgan fingerprint density at radius 2 is 2.15 bits per heavy atom. The summed E-state index contributed by atoms with van der Waals surface area (Å²) in [6, 6.07) is 7.64. The lowest BCUT2D eigenvalue weighted by Gasteiger charge is -2.07. The molecule has 3 aromatic rings. The first-order valence-corrected chi connectivity index (χ1v) is 6.45. The van der Waals surface area contributed by atoms with E-state index in [4.69, 9.17) is 5.73 Å². The number of nitrogens with zero attached hydrogens (tertiary/aromatic N) is 4. The van der Waals surface area contributed by atoms with Gasteiger partial charge in [0.25, 0.3) is 0 Å². The molecule has 102 valence electrons. The molecular formula is C14H16N6. The minimum atomic E-state index is 0.708. The summed E-state index contributed by atoms with van der Waals surface area (Å²) in [5.41, 5.74) is 8.46. The summed E-state index contributed by atoms with van der Waals surface area (Å²) in [5.74, 6) is 0.804. The maximum atomic E-state index is 5.82. The van der Waals surface area contributed by atoms with Crippen LogP contribution in [0.4, 0.5) is 11.5 Å². The van der Waals surface area contributed by atoms with Crippen LogP contribution in [0.3, 0.4) is 0 Å². The van der Waals surface area contributed by atoms with Crippen molar-refractivity contribution in [2.45, 2.75) is 6.42 Å². The van der Waals surface area contributed by atoms with E-state index in [1.807, 2.05) is 37.5 Å². The Bertz CT molecular complexity index is 733. The minimum Gasteiger partial charge on any atom is -0.399 e. The van der Waals surface area contributed by atoms with E-state index in [1.54, 1.807) is 11.0 Å². The van der Waals surface area contributed by atoms with Crippen LogP contribution in [-0.4, -0.2) is 26.3 Å². The zero-order valence-corrected chi connectivity index (χ0v) is 11.2. The maximum absolute atomic E-state index is 5.82.